The first-order valence-corrected chi connectivity index (χ1v) is 11.1. The number of carbonyl (C=O) groups is 2. The standard InChI is InChI=1S/C21H28N4O2S/c1-4-8-28-20-24-18-17(19(27)25-20)15(12-6-5-7-22-11-12)16-13(23-18)9-21(2,3)10-14(16)26/h5-7,11,15,17-18,20,23-24H,4,8-10H2,1-3H3,(H,25,27). The molecule has 0 bridgehead atoms. The molecule has 1 amide bonds. The third-order valence-corrected chi connectivity index (χ3v) is 6.95. The predicted molar refractivity (Wildman–Crippen MR) is 110 cm³/mol. The molecular formula is C21H28N4O2S. The first kappa shape index (κ1) is 19.5. The van der Waals surface area contributed by atoms with Crippen LogP contribution in [-0.2, 0) is 9.59 Å². The van der Waals surface area contributed by atoms with Crippen molar-refractivity contribution in [3.63, 3.8) is 0 Å². The number of nitrogens with one attached hydrogen (secondary N) is 3. The van der Waals surface area contributed by atoms with E-state index in [0.717, 1.165) is 35.4 Å². The minimum absolute atomic E-state index is 0.0112. The average molecular weight is 401 g/mol. The second kappa shape index (κ2) is 7.52. The summed E-state index contributed by atoms with van der Waals surface area (Å²) in [6, 6.07) is 3.85. The van der Waals surface area contributed by atoms with Gasteiger partial charge in [0.15, 0.2) is 5.78 Å². The van der Waals surface area contributed by atoms with Crippen molar-refractivity contribution in [3.05, 3.63) is 41.4 Å². The maximum absolute atomic E-state index is 13.1. The Balaban J connectivity index is 1.75. The lowest BCUT2D eigenvalue weighted by Gasteiger charge is -2.48. The average Bonchev–Trinajstić information content (AvgIpc) is 2.64. The van der Waals surface area contributed by atoms with Crippen LogP contribution < -0.4 is 16.0 Å². The maximum atomic E-state index is 13.1. The van der Waals surface area contributed by atoms with E-state index in [0.29, 0.717) is 6.42 Å². The second-order valence-corrected chi connectivity index (χ2v) is 9.88. The molecule has 28 heavy (non-hydrogen) atoms. The molecule has 4 atom stereocenters. The summed E-state index contributed by atoms with van der Waals surface area (Å²) in [5.74, 6) is 0.444. The summed E-state index contributed by atoms with van der Waals surface area (Å²) in [7, 11) is 0. The van der Waals surface area contributed by atoms with E-state index in [1.165, 1.54) is 0 Å². The molecule has 2 aliphatic heterocycles. The van der Waals surface area contributed by atoms with Gasteiger partial charge in [0, 0.05) is 36.0 Å². The molecule has 0 saturated carbocycles. The molecule has 150 valence electrons. The summed E-state index contributed by atoms with van der Waals surface area (Å²) >= 11 is 1.71. The molecule has 0 aromatic carbocycles. The van der Waals surface area contributed by atoms with Crippen molar-refractivity contribution < 1.29 is 9.59 Å². The zero-order chi connectivity index (χ0) is 19.9. The minimum atomic E-state index is -0.383. The van der Waals surface area contributed by atoms with Crippen molar-refractivity contribution in [1.29, 1.82) is 0 Å². The summed E-state index contributed by atoms with van der Waals surface area (Å²) in [6.45, 7) is 6.38. The lowest BCUT2D eigenvalue weighted by Crippen LogP contribution is -2.68. The first-order valence-electron chi connectivity index (χ1n) is 10.0. The molecule has 0 spiro atoms. The van der Waals surface area contributed by atoms with Gasteiger partial charge < -0.3 is 10.6 Å². The number of carbonyl (C=O) groups excluding carboxylic acids is 2. The Morgan fingerprint density at radius 2 is 2.07 bits per heavy atom. The summed E-state index contributed by atoms with van der Waals surface area (Å²) in [5, 5.41) is 10.2. The van der Waals surface area contributed by atoms with Gasteiger partial charge in [-0.25, -0.2) is 0 Å². The molecule has 0 radical (unpaired) electrons. The van der Waals surface area contributed by atoms with Crippen LogP contribution in [0, 0.1) is 11.3 Å². The normalized spacial score (nSPS) is 31.5. The number of rotatable bonds is 4. The molecule has 3 N–H and O–H groups in total. The van der Waals surface area contributed by atoms with E-state index in [2.05, 4.69) is 41.7 Å². The number of allylic oxidation sites excluding steroid dienone is 2. The summed E-state index contributed by atoms with van der Waals surface area (Å²) < 4.78 is 0. The number of pyridine rings is 1. The molecule has 1 fully saturated rings. The van der Waals surface area contributed by atoms with Gasteiger partial charge in [0.25, 0.3) is 0 Å². The van der Waals surface area contributed by atoms with E-state index >= 15 is 0 Å². The number of fused-ring (bicyclic) bond motifs is 1. The van der Waals surface area contributed by atoms with Crippen LogP contribution in [0.25, 0.3) is 0 Å². The number of amides is 1. The highest BCUT2D eigenvalue weighted by molar-refractivity contribution is 7.99. The molecule has 3 heterocycles. The largest absolute Gasteiger partial charge is 0.372 e. The maximum Gasteiger partial charge on any atom is 0.229 e. The van der Waals surface area contributed by atoms with Crippen LogP contribution in [0.4, 0.5) is 0 Å². The zero-order valence-corrected chi connectivity index (χ0v) is 17.4. The molecular weight excluding hydrogens is 372 g/mol. The van der Waals surface area contributed by atoms with Crippen LogP contribution in [0.5, 0.6) is 0 Å². The van der Waals surface area contributed by atoms with Crippen LogP contribution in [0.3, 0.4) is 0 Å². The van der Waals surface area contributed by atoms with Crippen molar-refractivity contribution >= 4 is 23.5 Å². The zero-order valence-electron chi connectivity index (χ0n) is 16.6. The van der Waals surface area contributed by atoms with Crippen molar-refractivity contribution in [2.75, 3.05) is 5.75 Å². The quantitative estimate of drug-likeness (QED) is 0.720. The van der Waals surface area contributed by atoms with E-state index < -0.39 is 0 Å². The highest BCUT2D eigenvalue weighted by atomic mass is 32.2. The number of hydrogen-bond donors (Lipinski definition) is 3. The fraction of sp³-hybridized carbons (Fsp3) is 0.571. The SMILES string of the molecule is CCCSC1NC(=O)C2C(NC3=C(C(=O)CC(C)(C)C3)C2c2cccnc2)N1. The molecule has 1 aromatic rings. The summed E-state index contributed by atoms with van der Waals surface area (Å²) in [5.41, 5.74) is 2.48. The lowest BCUT2D eigenvalue weighted by atomic mass is 9.66. The van der Waals surface area contributed by atoms with E-state index in [1.807, 2.05) is 12.1 Å². The monoisotopic (exact) mass is 400 g/mol. The van der Waals surface area contributed by atoms with Crippen LogP contribution in [0.1, 0.15) is 51.5 Å². The first-order chi connectivity index (χ1) is 13.4. The van der Waals surface area contributed by atoms with E-state index in [4.69, 9.17) is 0 Å². The predicted octanol–water partition coefficient (Wildman–Crippen LogP) is 2.50. The van der Waals surface area contributed by atoms with Crippen LogP contribution in [-0.4, -0.2) is 34.1 Å². The van der Waals surface area contributed by atoms with Crippen LogP contribution in [0.2, 0.25) is 0 Å². The lowest BCUT2D eigenvalue weighted by molar-refractivity contribution is -0.130. The van der Waals surface area contributed by atoms with Crippen molar-refractivity contribution in [1.82, 2.24) is 20.9 Å². The molecule has 4 unspecified atom stereocenters. The van der Waals surface area contributed by atoms with Gasteiger partial charge in [-0.3, -0.25) is 19.9 Å². The fourth-order valence-corrected chi connectivity index (χ4v) is 5.53. The summed E-state index contributed by atoms with van der Waals surface area (Å²) in [4.78, 5) is 30.5. The second-order valence-electron chi connectivity index (χ2n) is 8.67. The van der Waals surface area contributed by atoms with Crippen LogP contribution in [0.15, 0.2) is 35.8 Å². The smallest absolute Gasteiger partial charge is 0.229 e. The molecule has 1 aromatic heterocycles. The number of Topliss-reactive ketones (excluding diaryl/α,β-unsaturated/α-hetero) is 1. The van der Waals surface area contributed by atoms with Crippen molar-refractivity contribution in [2.24, 2.45) is 11.3 Å². The van der Waals surface area contributed by atoms with Gasteiger partial charge in [-0.2, -0.15) is 0 Å². The van der Waals surface area contributed by atoms with Crippen molar-refractivity contribution in [2.45, 2.75) is 57.6 Å². The Hall–Kier alpha value is -1.86. The number of nitrogens with zero attached hydrogens (tertiary/aromatic N) is 1. The molecule has 1 saturated heterocycles. The van der Waals surface area contributed by atoms with E-state index in [9.17, 15) is 9.59 Å². The van der Waals surface area contributed by atoms with Gasteiger partial charge in [0.1, 0.15) is 5.50 Å². The number of ketones is 1. The molecule has 1 aliphatic carbocycles. The molecule has 3 aliphatic rings. The third kappa shape index (κ3) is 3.57. The number of thioether (sulfide) groups is 1. The van der Waals surface area contributed by atoms with Gasteiger partial charge in [-0.05, 0) is 35.6 Å². The molecule has 6 nitrogen and oxygen atoms in total. The Bertz CT molecular complexity index is 808. The Kier molecular flexibility index (Phi) is 5.22. The van der Waals surface area contributed by atoms with E-state index in [-0.39, 0.29) is 40.6 Å². The van der Waals surface area contributed by atoms with Gasteiger partial charge in [-0.15, -0.1) is 11.8 Å². The molecule has 4 rings (SSSR count). The highest BCUT2D eigenvalue weighted by Crippen LogP contribution is 2.47. The van der Waals surface area contributed by atoms with Gasteiger partial charge in [0.05, 0.1) is 12.1 Å². The topological polar surface area (TPSA) is 83.1 Å². The summed E-state index contributed by atoms with van der Waals surface area (Å²) in [6.07, 6.45) is 5.68. The van der Waals surface area contributed by atoms with Crippen LogP contribution >= 0.6 is 11.8 Å². The van der Waals surface area contributed by atoms with Gasteiger partial charge in [0.2, 0.25) is 5.91 Å². The highest BCUT2D eigenvalue weighted by Gasteiger charge is 2.50. The van der Waals surface area contributed by atoms with E-state index in [1.54, 1.807) is 24.2 Å². The third-order valence-electron chi connectivity index (χ3n) is 5.72. The number of hydrogen-bond acceptors (Lipinski definition) is 6. The molecule has 7 heteroatoms. The number of aromatic nitrogens is 1. The van der Waals surface area contributed by atoms with Gasteiger partial charge >= 0.3 is 0 Å². The Morgan fingerprint density at radius 1 is 1.25 bits per heavy atom. The fourth-order valence-electron chi connectivity index (χ4n) is 4.61. The minimum Gasteiger partial charge on any atom is -0.372 e. The Morgan fingerprint density at radius 3 is 2.79 bits per heavy atom. The van der Waals surface area contributed by atoms with Crippen molar-refractivity contribution in [3.8, 4) is 0 Å². The van der Waals surface area contributed by atoms with Gasteiger partial charge in [-0.1, -0.05) is 26.8 Å². The Labute approximate surface area is 170 Å².